The minimum atomic E-state index is -3.59. The monoisotopic (exact) mass is 323 g/mol. The fourth-order valence-corrected chi connectivity index (χ4v) is 4.93. The van der Waals surface area contributed by atoms with E-state index >= 15 is 0 Å². The van der Waals surface area contributed by atoms with Crippen LogP contribution in [0.25, 0.3) is 10.9 Å². The number of hydrogen-bond donors (Lipinski definition) is 0. The summed E-state index contributed by atoms with van der Waals surface area (Å²) >= 11 is 0. The van der Waals surface area contributed by atoms with Crippen molar-refractivity contribution in [3.63, 3.8) is 0 Å². The van der Waals surface area contributed by atoms with Gasteiger partial charge in [-0.3, -0.25) is 0 Å². The average Bonchev–Trinajstić information content (AvgIpc) is 2.90. The highest BCUT2D eigenvalue weighted by Crippen LogP contribution is 2.34. The van der Waals surface area contributed by atoms with Gasteiger partial charge in [0.25, 0.3) is 10.0 Å². The maximum atomic E-state index is 13.2. The van der Waals surface area contributed by atoms with E-state index in [2.05, 4.69) is 13.0 Å². The van der Waals surface area contributed by atoms with Gasteiger partial charge in [-0.1, -0.05) is 48.0 Å². The van der Waals surface area contributed by atoms with Gasteiger partial charge >= 0.3 is 0 Å². The average molecular weight is 323 g/mol. The van der Waals surface area contributed by atoms with E-state index in [0.717, 1.165) is 28.6 Å². The van der Waals surface area contributed by atoms with Gasteiger partial charge in [-0.2, -0.15) is 0 Å². The lowest BCUT2D eigenvalue weighted by molar-refractivity contribution is 0.587. The van der Waals surface area contributed by atoms with Crippen molar-refractivity contribution in [3.05, 3.63) is 77.5 Å². The van der Waals surface area contributed by atoms with Gasteiger partial charge < -0.3 is 0 Å². The zero-order valence-electron chi connectivity index (χ0n) is 12.9. The third-order valence-corrected chi connectivity index (χ3v) is 6.19. The van der Waals surface area contributed by atoms with Crippen LogP contribution in [0.4, 0.5) is 0 Å². The number of benzene rings is 2. The van der Waals surface area contributed by atoms with E-state index in [-0.39, 0.29) is 0 Å². The largest absolute Gasteiger partial charge is 0.268 e. The highest BCUT2D eigenvalue weighted by atomic mass is 32.2. The van der Waals surface area contributed by atoms with Crippen molar-refractivity contribution in [1.29, 1.82) is 0 Å². The first-order valence-corrected chi connectivity index (χ1v) is 9.10. The van der Waals surface area contributed by atoms with Gasteiger partial charge in [0.15, 0.2) is 0 Å². The van der Waals surface area contributed by atoms with Gasteiger partial charge in [0.2, 0.25) is 0 Å². The standard InChI is InChI=1S/C19H17NO2S/c1-14-11-12-19-17(13-14)16-9-5-6-10-18(16)20(19)23(21,22)15-7-3-2-4-8-15/h2-11H,12-13H2,1H3. The zero-order valence-corrected chi connectivity index (χ0v) is 13.7. The van der Waals surface area contributed by atoms with Crippen LogP contribution in [0.2, 0.25) is 0 Å². The number of nitrogens with zero attached hydrogens (tertiary/aromatic N) is 1. The molecule has 2 aromatic carbocycles. The van der Waals surface area contributed by atoms with Crippen LogP contribution in [-0.4, -0.2) is 12.4 Å². The van der Waals surface area contributed by atoms with Crippen molar-refractivity contribution in [2.24, 2.45) is 0 Å². The Morgan fingerprint density at radius 1 is 0.957 bits per heavy atom. The molecule has 1 aliphatic rings. The topological polar surface area (TPSA) is 39.1 Å². The first-order valence-electron chi connectivity index (χ1n) is 7.66. The van der Waals surface area contributed by atoms with E-state index in [1.807, 2.05) is 30.3 Å². The van der Waals surface area contributed by atoms with Gasteiger partial charge in [0.05, 0.1) is 10.4 Å². The quantitative estimate of drug-likeness (QED) is 0.670. The lowest BCUT2D eigenvalue weighted by atomic mass is 9.96. The molecule has 4 rings (SSSR count). The van der Waals surface area contributed by atoms with Crippen molar-refractivity contribution >= 4 is 20.9 Å². The number of aromatic nitrogens is 1. The summed E-state index contributed by atoms with van der Waals surface area (Å²) in [5.41, 5.74) is 4.09. The molecule has 0 bridgehead atoms. The van der Waals surface area contributed by atoms with Gasteiger partial charge in [-0.25, -0.2) is 12.4 Å². The normalized spacial score (nSPS) is 14.6. The summed E-state index contributed by atoms with van der Waals surface area (Å²) in [6.07, 6.45) is 3.59. The smallest absolute Gasteiger partial charge is 0.237 e. The second-order valence-corrected chi connectivity index (χ2v) is 7.74. The van der Waals surface area contributed by atoms with Crippen LogP contribution >= 0.6 is 0 Å². The van der Waals surface area contributed by atoms with Crippen molar-refractivity contribution in [3.8, 4) is 0 Å². The zero-order chi connectivity index (χ0) is 16.0. The molecule has 23 heavy (non-hydrogen) atoms. The number of hydrogen-bond acceptors (Lipinski definition) is 2. The molecule has 1 heterocycles. The first kappa shape index (κ1) is 14.3. The Labute approximate surface area is 135 Å². The van der Waals surface area contributed by atoms with E-state index in [0.29, 0.717) is 11.3 Å². The summed E-state index contributed by atoms with van der Waals surface area (Å²) in [6, 6.07) is 16.4. The van der Waals surface area contributed by atoms with Crippen molar-refractivity contribution < 1.29 is 8.42 Å². The SMILES string of the molecule is CC1=CCc2c(c3ccccc3n2S(=O)(=O)c2ccccc2)C1. The predicted molar refractivity (Wildman–Crippen MR) is 92.1 cm³/mol. The van der Waals surface area contributed by atoms with E-state index in [1.165, 1.54) is 9.55 Å². The summed E-state index contributed by atoms with van der Waals surface area (Å²) < 4.78 is 27.9. The molecule has 0 atom stereocenters. The number of fused-ring (bicyclic) bond motifs is 3. The summed E-state index contributed by atoms with van der Waals surface area (Å²) in [5, 5.41) is 1.04. The second kappa shape index (κ2) is 5.10. The molecule has 0 amide bonds. The predicted octanol–water partition coefficient (Wildman–Crippen LogP) is 3.92. The molecule has 1 aromatic heterocycles. The molecule has 0 unspecified atom stereocenters. The van der Waals surface area contributed by atoms with Crippen LogP contribution in [0.5, 0.6) is 0 Å². The molecule has 0 saturated heterocycles. The van der Waals surface area contributed by atoms with Crippen LogP contribution in [-0.2, 0) is 22.9 Å². The van der Waals surface area contributed by atoms with Crippen LogP contribution < -0.4 is 0 Å². The van der Waals surface area contributed by atoms with Crippen molar-refractivity contribution in [1.82, 2.24) is 3.97 Å². The molecule has 3 aromatic rings. The Hall–Kier alpha value is -2.33. The summed E-state index contributed by atoms with van der Waals surface area (Å²) in [5.74, 6) is 0. The van der Waals surface area contributed by atoms with Gasteiger partial charge in [0.1, 0.15) is 0 Å². The first-order chi connectivity index (χ1) is 11.1. The molecule has 0 radical (unpaired) electrons. The van der Waals surface area contributed by atoms with E-state index in [1.54, 1.807) is 24.3 Å². The lowest BCUT2D eigenvalue weighted by Crippen LogP contribution is -2.17. The molecule has 0 N–H and O–H groups in total. The molecule has 1 aliphatic carbocycles. The van der Waals surface area contributed by atoms with Crippen LogP contribution in [0, 0.1) is 0 Å². The summed E-state index contributed by atoms with van der Waals surface area (Å²) in [6.45, 7) is 2.10. The van der Waals surface area contributed by atoms with E-state index < -0.39 is 10.0 Å². The van der Waals surface area contributed by atoms with Gasteiger partial charge in [-0.15, -0.1) is 0 Å². The Bertz CT molecular complexity index is 1030. The fraction of sp³-hybridized carbons (Fsp3) is 0.158. The number of allylic oxidation sites excluding steroid dienone is 2. The Morgan fingerprint density at radius 2 is 1.65 bits per heavy atom. The summed E-state index contributed by atoms with van der Waals surface area (Å²) in [4.78, 5) is 0.329. The Balaban J connectivity index is 2.06. The highest BCUT2D eigenvalue weighted by molar-refractivity contribution is 7.90. The molecule has 0 fully saturated rings. The molecule has 0 saturated carbocycles. The van der Waals surface area contributed by atoms with Gasteiger partial charge in [0, 0.05) is 17.5 Å². The van der Waals surface area contributed by atoms with E-state index in [9.17, 15) is 8.42 Å². The molecule has 4 heteroatoms. The van der Waals surface area contributed by atoms with Crippen molar-refractivity contribution in [2.45, 2.75) is 24.7 Å². The molecular formula is C19H17NO2S. The fourth-order valence-electron chi connectivity index (χ4n) is 3.33. The maximum absolute atomic E-state index is 13.2. The third kappa shape index (κ3) is 2.13. The Morgan fingerprint density at radius 3 is 2.43 bits per heavy atom. The maximum Gasteiger partial charge on any atom is 0.268 e. The molecular weight excluding hydrogens is 306 g/mol. The highest BCUT2D eigenvalue weighted by Gasteiger charge is 2.27. The van der Waals surface area contributed by atoms with E-state index in [4.69, 9.17) is 0 Å². The Kier molecular flexibility index (Phi) is 3.16. The number of rotatable bonds is 2. The molecule has 0 aliphatic heterocycles. The minimum Gasteiger partial charge on any atom is -0.237 e. The van der Waals surface area contributed by atoms with Gasteiger partial charge in [-0.05, 0) is 37.1 Å². The third-order valence-electron chi connectivity index (χ3n) is 4.42. The van der Waals surface area contributed by atoms with Crippen LogP contribution in [0.15, 0.2) is 71.1 Å². The molecule has 116 valence electrons. The second-order valence-electron chi connectivity index (χ2n) is 5.96. The molecule has 3 nitrogen and oxygen atoms in total. The number of para-hydroxylation sites is 1. The van der Waals surface area contributed by atoms with Crippen molar-refractivity contribution in [2.75, 3.05) is 0 Å². The van der Waals surface area contributed by atoms with Crippen LogP contribution in [0.1, 0.15) is 18.2 Å². The van der Waals surface area contributed by atoms with Crippen LogP contribution in [0.3, 0.4) is 0 Å². The minimum absolute atomic E-state index is 0.329. The molecule has 0 spiro atoms. The summed E-state index contributed by atoms with van der Waals surface area (Å²) in [7, 11) is -3.59. The lowest BCUT2D eigenvalue weighted by Gasteiger charge is -2.15.